The summed E-state index contributed by atoms with van der Waals surface area (Å²) in [6, 6.07) is 6.89. The van der Waals surface area contributed by atoms with Crippen LogP contribution in [0.15, 0.2) is 30.3 Å². The van der Waals surface area contributed by atoms with E-state index in [9.17, 15) is 45.6 Å². The molecule has 0 spiro atoms. The van der Waals surface area contributed by atoms with Gasteiger partial charge in [-0.15, -0.1) is 0 Å². The van der Waals surface area contributed by atoms with Crippen LogP contribution in [0.1, 0.15) is 35.4 Å². The molecule has 0 amide bonds. The van der Waals surface area contributed by atoms with E-state index in [1.807, 2.05) is 0 Å². The van der Waals surface area contributed by atoms with Gasteiger partial charge < -0.3 is 69.3 Å². The fraction of sp³-hybridized carbons (Fsp3) is 0.536. The predicted octanol–water partition coefficient (Wildman–Crippen LogP) is -1.16. The number of carbonyl (C=O) groups excluding carboxylic acids is 1. The van der Waals surface area contributed by atoms with Crippen LogP contribution in [-0.4, -0.2) is 122 Å². The molecule has 3 aliphatic rings. The normalized spacial score (nSPS) is 36.0. The number of carbonyl (C=O) groups is 1. The van der Waals surface area contributed by atoms with Crippen LogP contribution in [0.4, 0.5) is 0 Å². The molecule has 3 aliphatic heterocycles. The quantitative estimate of drug-likeness (QED) is 0.185. The third-order valence-electron chi connectivity index (χ3n) is 7.72. The van der Waals surface area contributed by atoms with Gasteiger partial charge in [0, 0.05) is 12.1 Å². The van der Waals surface area contributed by atoms with E-state index in [1.54, 1.807) is 6.07 Å². The van der Waals surface area contributed by atoms with Crippen LogP contribution < -0.4 is 14.2 Å². The minimum Gasteiger partial charge on any atom is -0.507 e. The maximum absolute atomic E-state index is 13.0. The SMILES string of the molecule is COc1ccc([C@@H]2CC(=O)c3c(O)cc(O[C@H]4O[C@H](CO)[C@@H](O)[C@H](O)[C@H]4O[C@@H]4O[C@@H](C)[C@H](O)[C@@H](O)[C@H]4O)cc3O2)cc1O. The van der Waals surface area contributed by atoms with E-state index < -0.39 is 85.7 Å². The Kier molecular flexibility index (Phi) is 8.99. The summed E-state index contributed by atoms with van der Waals surface area (Å²) in [7, 11) is 1.39. The number of hydrogen-bond acceptors (Lipinski definition) is 15. The molecule has 15 heteroatoms. The third-order valence-corrected chi connectivity index (χ3v) is 7.72. The lowest BCUT2D eigenvalue weighted by Crippen LogP contribution is -2.64. The molecule has 8 N–H and O–H groups in total. The number of rotatable bonds is 7. The first-order valence-electron chi connectivity index (χ1n) is 13.5. The highest BCUT2D eigenvalue weighted by Crippen LogP contribution is 2.43. The zero-order valence-corrected chi connectivity index (χ0v) is 23.1. The summed E-state index contributed by atoms with van der Waals surface area (Å²) in [6.45, 7) is 0.699. The van der Waals surface area contributed by atoms with Gasteiger partial charge in [0.05, 0.1) is 26.2 Å². The topological polar surface area (TPSA) is 234 Å². The second kappa shape index (κ2) is 12.4. The van der Waals surface area contributed by atoms with E-state index >= 15 is 0 Å². The minimum absolute atomic E-state index is 0.0592. The fourth-order valence-electron chi connectivity index (χ4n) is 5.29. The van der Waals surface area contributed by atoms with Crippen LogP contribution in [-0.2, 0) is 14.2 Å². The molecule has 0 radical (unpaired) electrons. The van der Waals surface area contributed by atoms with E-state index in [0.717, 1.165) is 6.07 Å². The van der Waals surface area contributed by atoms with Crippen LogP contribution in [0.3, 0.4) is 0 Å². The lowest BCUT2D eigenvalue weighted by Gasteiger charge is -2.45. The van der Waals surface area contributed by atoms with Crippen molar-refractivity contribution in [3.05, 3.63) is 41.5 Å². The van der Waals surface area contributed by atoms with Gasteiger partial charge in [-0.3, -0.25) is 4.79 Å². The Bertz CT molecular complexity index is 1320. The molecule has 5 rings (SSSR count). The van der Waals surface area contributed by atoms with E-state index in [-0.39, 0.29) is 35.0 Å². The highest BCUT2D eigenvalue weighted by molar-refractivity contribution is 6.02. The van der Waals surface area contributed by atoms with Crippen molar-refractivity contribution in [3.8, 4) is 28.7 Å². The van der Waals surface area contributed by atoms with Crippen LogP contribution in [0.25, 0.3) is 0 Å². The molecule has 3 heterocycles. The van der Waals surface area contributed by atoms with Gasteiger partial charge in [0.2, 0.25) is 6.29 Å². The average molecular weight is 611 g/mol. The van der Waals surface area contributed by atoms with Crippen molar-refractivity contribution >= 4 is 5.78 Å². The number of methoxy groups -OCH3 is 1. The number of phenolic OH excluding ortho intramolecular Hbond substituents is 2. The number of ketones is 1. The maximum Gasteiger partial charge on any atom is 0.229 e. The van der Waals surface area contributed by atoms with Crippen LogP contribution in [0, 0.1) is 0 Å². The highest BCUT2D eigenvalue weighted by atomic mass is 16.8. The van der Waals surface area contributed by atoms with Gasteiger partial charge in [-0.05, 0) is 24.6 Å². The number of phenols is 2. The molecule has 0 aliphatic carbocycles. The van der Waals surface area contributed by atoms with Crippen molar-refractivity contribution in [2.24, 2.45) is 0 Å². The summed E-state index contributed by atoms with van der Waals surface area (Å²) in [5.74, 6) is -1.06. The third kappa shape index (κ3) is 5.95. The maximum atomic E-state index is 13.0. The van der Waals surface area contributed by atoms with E-state index in [0.29, 0.717) is 5.56 Å². The summed E-state index contributed by atoms with van der Waals surface area (Å²) >= 11 is 0. The summed E-state index contributed by atoms with van der Waals surface area (Å²) in [4.78, 5) is 13.0. The first-order chi connectivity index (χ1) is 20.4. The number of fused-ring (bicyclic) bond motifs is 1. The van der Waals surface area contributed by atoms with Gasteiger partial charge in [0.25, 0.3) is 0 Å². The molecule has 0 unspecified atom stereocenters. The van der Waals surface area contributed by atoms with Crippen LogP contribution in [0.5, 0.6) is 28.7 Å². The molecular formula is C28H34O15. The Morgan fingerprint density at radius 3 is 2.30 bits per heavy atom. The summed E-state index contributed by atoms with van der Waals surface area (Å²) in [5.41, 5.74) is 0.352. The number of aromatic hydroxyl groups is 2. The molecule has 2 saturated heterocycles. The number of aliphatic hydroxyl groups is 6. The van der Waals surface area contributed by atoms with Crippen molar-refractivity contribution in [3.63, 3.8) is 0 Å². The van der Waals surface area contributed by atoms with Crippen molar-refractivity contribution in [2.75, 3.05) is 13.7 Å². The van der Waals surface area contributed by atoms with Crippen molar-refractivity contribution < 1.29 is 74.1 Å². The minimum atomic E-state index is -1.76. The Morgan fingerprint density at radius 1 is 0.884 bits per heavy atom. The average Bonchev–Trinajstić information content (AvgIpc) is 2.97. The zero-order chi connectivity index (χ0) is 31.2. The van der Waals surface area contributed by atoms with Crippen LogP contribution >= 0.6 is 0 Å². The largest absolute Gasteiger partial charge is 0.507 e. The summed E-state index contributed by atoms with van der Waals surface area (Å²) in [6.07, 6.45) is -16.3. The molecule has 11 atom stereocenters. The van der Waals surface area contributed by atoms with E-state index in [4.69, 9.17) is 28.4 Å². The Labute approximate surface area is 245 Å². The zero-order valence-electron chi connectivity index (χ0n) is 23.1. The molecule has 0 saturated carbocycles. The highest BCUT2D eigenvalue weighted by Gasteiger charge is 2.51. The van der Waals surface area contributed by atoms with Crippen molar-refractivity contribution in [1.82, 2.24) is 0 Å². The van der Waals surface area contributed by atoms with Gasteiger partial charge in [-0.25, -0.2) is 0 Å². The van der Waals surface area contributed by atoms with Gasteiger partial charge in [0.15, 0.2) is 29.7 Å². The fourth-order valence-corrected chi connectivity index (χ4v) is 5.29. The predicted molar refractivity (Wildman–Crippen MR) is 141 cm³/mol. The number of aliphatic hydroxyl groups excluding tert-OH is 6. The van der Waals surface area contributed by atoms with Gasteiger partial charge in [-0.2, -0.15) is 0 Å². The molecule has 43 heavy (non-hydrogen) atoms. The standard InChI is InChI=1S/C28H34O15/c1-10-21(33)23(35)25(37)27(39-10)43-26-24(36)22(34)19(9-29)42-28(26)40-12-6-14(31)20-15(32)8-17(41-18(20)7-12)11-3-4-16(38-2)13(30)5-11/h3-7,10,17,19,21-31,33-37H,8-9H2,1-2H3/t10-,17-,19+,21-,22+,23+,24-,25+,26+,27-,28-/m0/s1. The molecule has 2 aromatic rings. The van der Waals surface area contributed by atoms with E-state index in [1.165, 1.54) is 32.2 Å². The Morgan fingerprint density at radius 2 is 1.63 bits per heavy atom. The Hall–Kier alpha value is -3.25. The molecule has 2 fully saturated rings. The van der Waals surface area contributed by atoms with Crippen molar-refractivity contribution in [1.29, 1.82) is 0 Å². The first kappa shape index (κ1) is 31.2. The lowest BCUT2D eigenvalue weighted by molar-refractivity contribution is -0.354. The number of benzene rings is 2. The molecular weight excluding hydrogens is 576 g/mol. The number of hydrogen-bond donors (Lipinski definition) is 8. The van der Waals surface area contributed by atoms with Gasteiger partial charge in [0.1, 0.15) is 65.5 Å². The van der Waals surface area contributed by atoms with Gasteiger partial charge >= 0.3 is 0 Å². The lowest BCUT2D eigenvalue weighted by atomic mass is 9.95. The monoisotopic (exact) mass is 610 g/mol. The van der Waals surface area contributed by atoms with Gasteiger partial charge in [-0.1, -0.05) is 6.07 Å². The first-order valence-corrected chi connectivity index (χ1v) is 13.5. The van der Waals surface area contributed by atoms with Crippen molar-refractivity contribution in [2.45, 2.75) is 80.9 Å². The smallest absolute Gasteiger partial charge is 0.229 e. The number of Topliss-reactive ketones (excluding diaryl/α,β-unsaturated/α-hetero) is 1. The molecule has 15 nitrogen and oxygen atoms in total. The summed E-state index contributed by atoms with van der Waals surface area (Å²) in [5, 5.41) is 82.4. The second-order valence-electron chi connectivity index (χ2n) is 10.6. The number of ether oxygens (including phenoxy) is 6. The summed E-state index contributed by atoms with van der Waals surface area (Å²) < 4.78 is 33.7. The molecule has 2 aromatic carbocycles. The molecule has 236 valence electrons. The molecule has 0 bridgehead atoms. The second-order valence-corrected chi connectivity index (χ2v) is 10.6. The van der Waals surface area contributed by atoms with E-state index in [2.05, 4.69) is 0 Å². The molecule has 0 aromatic heterocycles. The Balaban J connectivity index is 1.41. The van der Waals surface area contributed by atoms with Crippen LogP contribution in [0.2, 0.25) is 0 Å².